The summed E-state index contributed by atoms with van der Waals surface area (Å²) < 4.78 is 37.0. The summed E-state index contributed by atoms with van der Waals surface area (Å²) in [4.78, 5) is 25.7. The van der Waals surface area contributed by atoms with Gasteiger partial charge >= 0.3 is 11.9 Å². The minimum atomic E-state index is -0.729. The van der Waals surface area contributed by atoms with Crippen molar-refractivity contribution >= 4 is 11.9 Å². The maximum Gasteiger partial charge on any atom is 0.306 e. The lowest BCUT2D eigenvalue weighted by Crippen LogP contribution is -2.50. The summed E-state index contributed by atoms with van der Waals surface area (Å²) in [5.41, 5.74) is 2.15. The van der Waals surface area contributed by atoms with Crippen molar-refractivity contribution in [1.82, 2.24) is 0 Å². The molecule has 1 aliphatic rings. The predicted octanol–water partition coefficient (Wildman–Crippen LogP) is 11.6. The Morgan fingerprint density at radius 3 is 1.60 bits per heavy atom. The van der Waals surface area contributed by atoms with Crippen LogP contribution in [0.2, 0.25) is 0 Å². The lowest BCUT2D eigenvalue weighted by Gasteiger charge is -2.40. The molecule has 0 aromatic heterocycles. The van der Waals surface area contributed by atoms with Gasteiger partial charge in [0, 0.05) is 19.3 Å². The third-order valence-electron chi connectivity index (χ3n) is 10.4. The summed E-state index contributed by atoms with van der Waals surface area (Å²) in [7, 11) is 0. The molecular weight excluding hydrogens is 693 g/mol. The average Bonchev–Trinajstić information content (AvgIpc) is 3.20. The van der Waals surface area contributed by atoms with Gasteiger partial charge in [-0.2, -0.15) is 0 Å². The van der Waals surface area contributed by atoms with E-state index in [2.05, 4.69) is 13.8 Å². The molecule has 1 saturated heterocycles. The maximum atomic E-state index is 13.0. The first-order chi connectivity index (χ1) is 27.0. The van der Waals surface area contributed by atoms with Crippen LogP contribution in [0.1, 0.15) is 167 Å². The van der Waals surface area contributed by atoms with Gasteiger partial charge in [-0.25, -0.2) is 0 Å². The highest BCUT2D eigenvalue weighted by Crippen LogP contribution is 2.28. The van der Waals surface area contributed by atoms with Crippen LogP contribution in [-0.4, -0.2) is 55.9 Å². The SMILES string of the molecule is CCCCCCCCCCCC(=O)OCC(COC1C[C@H](OCc2ccccc2)[C@@H](OCc2ccccc2)[C@H](C)O1)OC(=O)CCCCCCCCCCC. The Morgan fingerprint density at radius 2 is 1.07 bits per heavy atom. The lowest BCUT2D eigenvalue weighted by molar-refractivity contribution is -0.271. The molecule has 0 N–H and O–H groups in total. The fourth-order valence-corrected chi connectivity index (χ4v) is 7.05. The molecule has 310 valence electrons. The van der Waals surface area contributed by atoms with Gasteiger partial charge in [0.05, 0.1) is 32.0 Å². The van der Waals surface area contributed by atoms with E-state index < -0.39 is 12.4 Å². The Bertz CT molecular complexity index is 1220. The first kappa shape index (κ1) is 46.6. The lowest BCUT2D eigenvalue weighted by atomic mass is 10.0. The Labute approximate surface area is 333 Å². The zero-order chi connectivity index (χ0) is 39.2. The molecule has 0 amide bonds. The highest BCUT2D eigenvalue weighted by molar-refractivity contribution is 5.70. The Kier molecular flexibility index (Phi) is 25.7. The van der Waals surface area contributed by atoms with Gasteiger partial charge in [0.1, 0.15) is 12.7 Å². The molecule has 8 nitrogen and oxygen atoms in total. The molecule has 2 aromatic carbocycles. The van der Waals surface area contributed by atoms with Crippen molar-refractivity contribution in [1.29, 1.82) is 0 Å². The van der Waals surface area contributed by atoms with Crippen molar-refractivity contribution in [3.63, 3.8) is 0 Å². The van der Waals surface area contributed by atoms with Crippen LogP contribution >= 0.6 is 0 Å². The summed E-state index contributed by atoms with van der Waals surface area (Å²) in [6, 6.07) is 20.2. The van der Waals surface area contributed by atoms with E-state index in [9.17, 15) is 9.59 Å². The van der Waals surface area contributed by atoms with Crippen LogP contribution in [0.25, 0.3) is 0 Å². The normalized spacial score (nSPS) is 18.9. The fourth-order valence-electron chi connectivity index (χ4n) is 7.05. The van der Waals surface area contributed by atoms with Gasteiger partial charge in [-0.05, 0) is 30.9 Å². The molecule has 0 radical (unpaired) electrons. The van der Waals surface area contributed by atoms with Crippen LogP contribution in [-0.2, 0) is 51.2 Å². The Hall–Kier alpha value is -2.78. The molecule has 0 bridgehead atoms. The first-order valence-corrected chi connectivity index (χ1v) is 21.9. The van der Waals surface area contributed by atoms with E-state index in [-0.39, 0.29) is 43.5 Å². The molecule has 2 unspecified atom stereocenters. The van der Waals surface area contributed by atoms with Gasteiger partial charge in [0.15, 0.2) is 12.4 Å². The van der Waals surface area contributed by atoms with Crippen LogP contribution in [0.4, 0.5) is 0 Å². The van der Waals surface area contributed by atoms with Gasteiger partial charge in [-0.15, -0.1) is 0 Å². The molecule has 0 aliphatic carbocycles. The Morgan fingerprint density at radius 1 is 0.600 bits per heavy atom. The molecule has 0 spiro atoms. The second kappa shape index (κ2) is 30.4. The van der Waals surface area contributed by atoms with Crippen molar-refractivity contribution in [2.24, 2.45) is 0 Å². The van der Waals surface area contributed by atoms with Crippen molar-refractivity contribution < 1.29 is 38.0 Å². The van der Waals surface area contributed by atoms with Crippen LogP contribution in [0, 0.1) is 0 Å². The first-order valence-electron chi connectivity index (χ1n) is 21.9. The third-order valence-corrected chi connectivity index (χ3v) is 10.4. The molecular formula is C47H74O8. The van der Waals surface area contributed by atoms with Gasteiger partial charge in [-0.3, -0.25) is 9.59 Å². The predicted molar refractivity (Wildman–Crippen MR) is 219 cm³/mol. The van der Waals surface area contributed by atoms with Crippen LogP contribution < -0.4 is 0 Å². The summed E-state index contributed by atoms with van der Waals surface area (Å²) in [6.45, 7) is 7.33. The second-order valence-corrected chi connectivity index (χ2v) is 15.4. The molecule has 0 saturated carbocycles. The smallest absolute Gasteiger partial charge is 0.306 e. The van der Waals surface area contributed by atoms with Crippen LogP contribution in [0.3, 0.4) is 0 Å². The largest absolute Gasteiger partial charge is 0.462 e. The number of hydrogen-bond donors (Lipinski definition) is 0. The molecule has 5 atom stereocenters. The number of ether oxygens (including phenoxy) is 6. The minimum Gasteiger partial charge on any atom is -0.462 e. The Balaban J connectivity index is 1.51. The van der Waals surface area contributed by atoms with Crippen molar-refractivity contribution in [2.75, 3.05) is 13.2 Å². The van der Waals surface area contributed by atoms with E-state index in [1.165, 1.54) is 77.0 Å². The van der Waals surface area contributed by atoms with Gasteiger partial charge in [-0.1, -0.05) is 177 Å². The summed E-state index contributed by atoms with van der Waals surface area (Å²) in [6.07, 6.45) is 20.1. The number of carbonyl (C=O) groups is 2. The summed E-state index contributed by atoms with van der Waals surface area (Å²) in [5.74, 6) is -0.554. The summed E-state index contributed by atoms with van der Waals surface area (Å²) in [5, 5.41) is 0. The zero-order valence-electron chi connectivity index (χ0n) is 34.6. The average molecular weight is 767 g/mol. The fraction of sp³-hybridized carbons (Fsp3) is 0.702. The molecule has 1 heterocycles. The third kappa shape index (κ3) is 21.9. The number of benzene rings is 2. The van der Waals surface area contributed by atoms with Crippen molar-refractivity contribution in [3.8, 4) is 0 Å². The van der Waals surface area contributed by atoms with Crippen LogP contribution in [0.5, 0.6) is 0 Å². The molecule has 8 heteroatoms. The second-order valence-electron chi connectivity index (χ2n) is 15.4. The van der Waals surface area contributed by atoms with E-state index >= 15 is 0 Å². The number of rotatable bonds is 32. The van der Waals surface area contributed by atoms with E-state index in [4.69, 9.17) is 28.4 Å². The zero-order valence-corrected chi connectivity index (χ0v) is 34.6. The number of esters is 2. The number of unbranched alkanes of at least 4 members (excludes halogenated alkanes) is 16. The quantitative estimate of drug-likeness (QED) is 0.0537. The van der Waals surface area contributed by atoms with E-state index in [1.54, 1.807) is 0 Å². The molecule has 1 fully saturated rings. The van der Waals surface area contributed by atoms with E-state index in [0.717, 1.165) is 49.7 Å². The van der Waals surface area contributed by atoms with Gasteiger partial charge < -0.3 is 28.4 Å². The van der Waals surface area contributed by atoms with Gasteiger partial charge in [0.25, 0.3) is 0 Å². The molecule has 2 aromatic rings. The van der Waals surface area contributed by atoms with Crippen molar-refractivity contribution in [2.45, 2.75) is 200 Å². The van der Waals surface area contributed by atoms with E-state index in [0.29, 0.717) is 32.5 Å². The molecule has 3 rings (SSSR count). The van der Waals surface area contributed by atoms with Gasteiger partial charge in [0.2, 0.25) is 0 Å². The standard InChI is InChI=1S/C47H74O8/c1-4-6-8-10-12-14-16-18-26-32-44(48)51-37-42(55-45(49)33-27-19-17-15-13-11-9-7-5-2)38-52-46-34-43(50-35-40-28-22-20-23-29-40)47(39(3)54-46)53-36-41-30-24-21-25-31-41/h20-25,28-31,39,42-43,46-47H,4-19,26-27,32-38H2,1-3H3/t39-,42?,43-,46?,47-/m0/s1. The number of carbonyl (C=O) groups excluding carboxylic acids is 2. The monoisotopic (exact) mass is 767 g/mol. The molecule has 55 heavy (non-hydrogen) atoms. The maximum absolute atomic E-state index is 13.0. The summed E-state index contributed by atoms with van der Waals surface area (Å²) >= 11 is 0. The highest BCUT2D eigenvalue weighted by Gasteiger charge is 2.39. The molecule has 1 aliphatic heterocycles. The van der Waals surface area contributed by atoms with Crippen LogP contribution in [0.15, 0.2) is 60.7 Å². The van der Waals surface area contributed by atoms with E-state index in [1.807, 2.05) is 67.6 Å². The number of hydrogen-bond acceptors (Lipinski definition) is 8. The highest BCUT2D eigenvalue weighted by atomic mass is 16.7. The minimum absolute atomic E-state index is 0.0429. The topological polar surface area (TPSA) is 89.5 Å². The van der Waals surface area contributed by atoms with Crippen molar-refractivity contribution in [3.05, 3.63) is 71.8 Å².